The van der Waals surface area contributed by atoms with Crippen LogP contribution in [0, 0.1) is 0 Å². The van der Waals surface area contributed by atoms with Gasteiger partial charge in [0.2, 0.25) is 5.91 Å². The highest BCUT2D eigenvalue weighted by molar-refractivity contribution is 5.89. The summed E-state index contributed by atoms with van der Waals surface area (Å²) in [6, 6.07) is 17.2. The number of carbonyl (C=O) groups is 1. The predicted molar refractivity (Wildman–Crippen MR) is 93.4 cm³/mol. The first-order valence-electron chi connectivity index (χ1n) is 7.59. The third-order valence-electron chi connectivity index (χ3n) is 3.52. The van der Waals surface area contributed by atoms with Crippen molar-refractivity contribution in [2.24, 2.45) is 0 Å². The van der Waals surface area contributed by atoms with E-state index in [1.54, 1.807) is 25.3 Å². The molecule has 0 aliphatic heterocycles. The van der Waals surface area contributed by atoms with Crippen molar-refractivity contribution < 1.29 is 14.3 Å². The minimum Gasteiger partial charge on any atom is -0.493 e. The van der Waals surface area contributed by atoms with Crippen molar-refractivity contribution in [3.05, 3.63) is 60.3 Å². The molecule has 0 saturated carbocycles. The molecular formula is C19H18N2O3. The molecule has 2 aromatic carbocycles. The Morgan fingerprint density at radius 2 is 1.92 bits per heavy atom. The molecule has 0 unspecified atom stereocenters. The van der Waals surface area contributed by atoms with Gasteiger partial charge in [0.15, 0.2) is 11.5 Å². The fourth-order valence-electron chi connectivity index (χ4n) is 2.41. The van der Waals surface area contributed by atoms with Gasteiger partial charge in [-0.3, -0.25) is 4.79 Å². The van der Waals surface area contributed by atoms with E-state index in [0.717, 1.165) is 16.6 Å². The Kier molecular flexibility index (Phi) is 4.61. The summed E-state index contributed by atoms with van der Waals surface area (Å²) in [5, 5.41) is 3.82. The van der Waals surface area contributed by atoms with E-state index in [1.807, 2.05) is 36.4 Å². The van der Waals surface area contributed by atoms with Crippen LogP contribution in [-0.2, 0) is 11.4 Å². The number of para-hydroxylation sites is 1. The van der Waals surface area contributed by atoms with Gasteiger partial charge in [-0.05, 0) is 24.3 Å². The Morgan fingerprint density at radius 1 is 1.08 bits per heavy atom. The number of pyridine rings is 1. The molecule has 3 aromatic rings. The number of benzene rings is 2. The van der Waals surface area contributed by atoms with Crippen molar-refractivity contribution in [2.45, 2.75) is 13.5 Å². The molecule has 0 saturated heterocycles. The number of methoxy groups -OCH3 is 1. The lowest BCUT2D eigenvalue weighted by molar-refractivity contribution is -0.114. The third kappa shape index (κ3) is 3.63. The molecule has 0 atom stereocenters. The number of aromatic nitrogens is 1. The van der Waals surface area contributed by atoms with Gasteiger partial charge in [-0.15, -0.1) is 0 Å². The van der Waals surface area contributed by atoms with E-state index in [0.29, 0.717) is 23.8 Å². The largest absolute Gasteiger partial charge is 0.493 e. The quantitative estimate of drug-likeness (QED) is 0.776. The maximum atomic E-state index is 11.2. The number of hydrogen-bond acceptors (Lipinski definition) is 4. The van der Waals surface area contributed by atoms with Gasteiger partial charge in [0.05, 0.1) is 18.3 Å². The van der Waals surface area contributed by atoms with E-state index in [-0.39, 0.29) is 5.91 Å². The van der Waals surface area contributed by atoms with Crippen molar-refractivity contribution in [1.29, 1.82) is 0 Å². The number of hydrogen-bond donors (Lipinski definition) is 1. The van der Waals surface area contributed by atoms with Crippen molar-refractivity contribution in [3.63, 3.8) is 0 Å². The van der Waals surface area contributed by atoms with Crippen LogP contribution >= 0.6 is 0 Å². The second-order valence-corrected chi connectivity index (χ2v) is 5.33. The second-order valence-electron chi connectivity index (χ2n) is 5.33. The van der Waals surface area contributed by atoms with Crippen molar-refractivity contribution in [3.8, 4) is 11.5 Å². The van der Waals surface area contributed by atoms with Crippen LogP contribution in [0.15, 0.2) is 54.6 Å². The van der Waals surface area contributed by atoms with E-state index in [9.17, 15) is 4.79 Å². The molecular weight excluding hydrogens is 304 g/mol. The summed E-state index contributed by atoms with van der Waals surface area (Å²) in [6.07, 6.45) is 0. The van der Waals surface area contributed by atoms with Gasteiger partial charge in [0.25, 0.3) is 0 Å². The normalized spacial score (nSPS) is 10.4. The fraction of sp³-hybridized carbons (Fsp3) is 0.158. The zero-order valence-electron chi connectivity index (χ0n) is 13.6. The summed E-state index contributed by atoms with van der Waals surface area (Å²) in [5.74, 6) is 1.02. The molecule has 0 fully saturated rings. The molecule has 122 valence electrons. The van der Waals surface area contributed by atoms with Crippen molar-refractivity contribution in [2.75, 3.05) is 12.4 Å². The Labute approximate surface area is 140 Å². The Bertz CT molecular complexity index is 877. The summed E-state index contributed by atoms with van der Waals surface area (Å²) < 4.78 is 11.2. The molecule has 1 heterocycles. The molecule has 0 aliphatic carbocycles. The zero-order valence-corrected chi connectivity index (χ0v) is 13.6. The predicted octanol–water partition coefficient (Wildman–Crippen LogP) is 3.78. The smallest absolute Gasteiger partial charge is 0.221 e. The first kappa shape index (κ1) is 15.8. The monoisotopic (exact) mass is 322 g/mol. The number of fused-ring (bicyclic) bond motifs is 1. The Hall–Kier alpha value is -3.08. The Balaban J connectivity index is 1.80. The average Bonchev–Trinajstić information content (AvgIpc) is 2.59. The van der Waals surface area contributed by atoms with Crippen LogP contribution in [0.2, 0.25) is 0 Å². The van der Waals surface area contributed by atoms with Crippen LogP contribution in [0.25, 0.3) is 10.9 Å². The number of amides is 1. The van der Waals surface area contributed by atoms with Gasteiger partial charge in [0.1, 0.15) is 6.61 Å². The van der Waals surface area contributed by atoms with Gasteiger partial charge in [-0.25, -0.2) is 4.98 Å². The third-order valence-corrected chi connectivity index (χ3v) is 3.52. The molecule has 0 bridgehead atoms. The molecule has 5 nitrogen and oxygen atoms in total. The van der Waals surface area contributed by atoms with Gasteiger partial charge in [-0.2, -0.15) is 0 Å². The van der Waals surface area contributed by atoms with E-state index in [4.69, 9.17) is 9.47 Å². The number of ether oxygens (including phenoxy) is 2. The molecule has 1 N–H and O–H groups in total. The zero-order chi connectivity index (χ0) is 16.9. The highest BCUT2D eigenvalue weighted by Gasteiger charge is 2.08. The van der Waals surface area contributed by atoms with Crippen LogP contribution in [0.3, 0.4) is 0 Å². The maximum absolute atomic E-state index is 11.2. The first-order chi connectivity index (χ1) is 11.7. The van der Waals surface area contributed by atoms with E-state index in [2.05, 4.69) is 10.3 Å². The van der Waals surface area contributed by atoms with Crippen molar-refractivity contribution in [1.82, 2.24) is 4.98 Å². The lowest BCUT2D eigenvalue weighted by Crippen LogP contribution is -2.06. The molecule has 5 heteroatoms. The topological polar surface area (TPSA) is 60.5 Å². The fourth-order valence-corrected chi connectivity index (χ4v) is 2.41. The van der Waals surface area contributed by atoms with Crippen LogP contribution < -0.4 is 14.8 Å². The lowest BCUT2D eigenvalue weighted by atomic mass is 10.2. The first-order valence-corrected chi connectivity index (χ1v) is 7.59. The van der Waals surface area contributed by atoms with Crippen LogP contribution in [-0.4, -0.2) is 18.0 Å². The van der Waals surface area contributed by atoms with Gasteiger partial charge < -0.3 is 14.8 Å². The van der Waals surface area contributed by atoms with E-state index < -0.39 is 0 Å². The molecule has 1 amide bonds. The maximum Gasteiger partial charge on any atom is 0.221 e. The summed E-state index contributed by atoms with van der Waals surface area (Å²) in [5.41, 5.74) is 2.41. The van der Waals surface area contributed by atoms with Crippen LogP contribution in [0.1, 0.15) is 12.6 Å². The summed E-state index contributed by atoms with van der Waals surface area (Å²) >= 11 is 0. The molecule has 1 aromatic heterocycles. The number of rotatable bonds is 5. The van der Waals surface area contributed by atoms with Crippen LogP contribution in [0.5, 0.6) is 11.5 Å². The van der Waals surface area contributed by atoms with E-state index >= 15 is 0 Å². The summed E-state index contributed by atoms with van der Waals surface area (Å²) in [7, 11) is 1.58. The number of carbonyl (C=O) groups excluding carboxylic acids is 1. The van der Waals surface area contributed by atoms with Gasteiger partial charge in [0, 0.05) is 24.1 Å². The number of anilines is 1. The molecule has 3 rings (SSSR count). The molecule has 0 spiro atoms. The number of nitrogens with one attached hydrogen (secondary N) is 1. The molecule has 0 radical (unpaired) electrons. The SMILES string of the molecule is COc1ccc(NC(C)=O)cc1OCc1ccc2ccccc2n1. The minimum atomic E-state index is -0.137. The lowest BCUT2D eigenvalue weighted by Gasteiger charge is -2.12. The second kappa shape index (κ2) is 7.00. The average molecular weight is 322 g/mol. The van der Waals surface area contributed by atoms with Crippen molar-refractivity contribution >= 4 is 22.5 Å². The van der Waals surface area contributed by atoms with Gasteiger partial charge in [-0.1, -0.05) is 24.3 Å². The Morgan fingerprint density at radius 3 is 2.71 bits per heavy atom. The van der Waals surface area contributed by atoms with Gasteiger partial charge >= 0.3 is 0 Å². The standard InChI is InChI=1S/C19H18N2O3/c1-13(22)20-15-9-10-18(23-2)19(11-15)24-12-16-8-7-14-5-3-4-6-17(14)21-16/h3-11H,12H2,1-2H3,(H,20,22). The highest BCUT2D eigenvalue weighted by atomic mass is 16.5. The van der Waals surface area contributed by atoms with Crippen LogP contribution in [0.4, 0.5) is 5.69 Å². The number of nitrogens with zero attached hydrogens (tertiary/aromatic N) is 1. The molecule has 0 aliphatic rings. The highest BCUT2D eigenvalue weighted by Crippen LogP contribution is 2.31. The summed E-state index contributed by atoms with van der Waals surface area (Å²) in [4.78, 5) is 15.8. The summed E-state index contributed by atoms with van der Waals surface area (Å²) in [6.45, 7) is 1.77. The minimum absolute atomic E-state index is 0.137. The van der Waals surface area contributed by atoms with E-state index in [1.165, 1.54) is 6.92 Å². The molecule has 24 heavy (non-hydrogen) atoms.